The van der Waals surface area contributed by atoms with Crippen molar-refractivity contribution in [2.24, 2.45) is 0 Å². The van der Waals surface area contributed by atoms with Crippen molar-refractivity contribution in [2.45, 2.75) is 217 Å². The van der Waals surface area contributed by atoms with Gasteiger partial charge in [-0.2, -0.15) is 0 Å². The summed E-state index contributed by atoms with van der Waals surface area (Å²) in [5.41, 5.74) is 0.845. The van der Waals surface area contributed by atoms with Gasteiger partial charge in [0.25, 0.3) is 0 Å². The molecular formula is C37H66O7. The first-order valence-electron chi connectivity index (χ1n) is 18.6. The highest BCUT2D eigenvalue weighted by atomic mass is 16.5. The van der Waals surface area contributed by atoms with Crippen molar-refractivity contribution >= 4 is 5.97 Å². The van der Waals surface area contributed by atoms with Crippen LogP contribution < -0.4 is 0 Å². The summed E-state index contributed by atoms with van der Waals surface area (Å²) >= 11 is 0. The Kier molecular flexibility index (Phi) is 18.5. The van der Waals surface area contributed by atoms with Gasteiger partial charge in [-0.25, -0.2) is 4.79 Å². The van der Waals surface area contributed by atoms with Crippen LogP contribution in [-0.4, -0.2) is 70.1 Å². The predicted octanol–water partition coefficient (Wildman–Crippen LogP) is 7.86. The van der Waals surface area contributed by atoms with E-state index >= 15 is 0 Å². The second-order valence-corrected chi connectivity index (χ2v) is 14.0. The molecule has 44 heavy (non-hydrogen) atoms. The SMILES string of the molecule is CCCCCCCCCCC[C@H](O)[C@@H]1CC[C@@H]([C@H](O)CC[C@H](O)[C@H]2CC[C@H](CCCCCCCCC3=C[C@H](C)OC3=O)O2)O1. The van der Waals surface area contributed by atoms with E-state index in [-0.39, 0.29) is 36.5 Å². The Morgan fingerprint density at radius 2 is 1.16 bits per heavy atom. The molecular weight excluding hydrogens is 556 g/mol. The molecule has 3 N–H and O–H groups in total. The van der Waals surface area contributed by atoms with Gasteiger partial charge >= 0.3 is 5.97 Å². The number of aliphatic hydroxyl groups excluding tert-OH is 3. The van der Waals surface area contributed by atoms with Crippen LogP contribution in [-0.2, 0) is 19.0 Å². The second kappa shape index (κ2) is 21.7. The van der Waals surface area contributed by atoms with Crippen LogP contribution in [0.5, 0.6) is 0 Å². The van der Waals surface area contributed by atoms with E-state index in [0.717, 1.165) is 76.2 Å². The monoisotopic (exact) mass is 622 g/mol. The molecule has 2 saturated heterocycles. The Bertz CT molecular complexity index is 801. The molecule has 0 aromatic rings. The lowest BCUT2D eigenvalue weighted by Crippen LogP contribution is -2.33. The van der Waals surface area contributed by atoms with Gasteiger partial charge in [-0.15, -0.1) is 0 Å². The van der Waals surface area contributed by atoms with E-state index < -0.39 is 18.3 Å². The van der Waals surface area contributed by atoms with Crippen LogP contribution >= 0.6 is 0 Å². The first kappa shape index (κ1) is 37.5. The van der Waals surface area contributed by atoms with Crippen LogP contribution in [0.4, 0.5) is 0 Å². The van der Waals surface area contributed by atoms with Crippen molar-refractivity contribution < 1.29 is 34.3 Å². The number of ether oxygens (including phenoxy) is 3. The van der Waals surface area contributed by atoms with Gasteiger partial charge in [0.2, 0.25) is 0 Å². The summed E-state index contributed by atoms with van der Waals surface area (Å²) in [6.07, 6.45) is 25.4. The van der Waals surface area contributed by atoms with Gasteiger partial charge in [0.05, 0.1) is 42.7 Å². The number of unbranched alkanes of at least 4 members (excludes halogenated alkanes) is 13. The van der Waals surface area contributed by atoms with Crippen molar-refractivity contribution in [3.8, 4) is 0 Å². The molecule has 0 unspecified atom stereocenters. The lowest BCUT2D eigenvalue weighted by molar-refractivity contribution is -0.139. The van der Waals surface area contributed by atoms with Crippen LogP contribution in [0.1, 0.15) is 168 Å². The average Bonchev–Trinajstić information content (AvgIpc) is 3.76. The van der Waals surface area contributed by atoms with Gasteiger partial charge in [-0.3, -0.25) is 0 Å². The Hall–Kier alpha value is -0.990. The maximum absolute atomic E-state index is 11.7. The molecule has 3 aliphatic rings. The number of hydrogen-bond acceptors (Lipinski definition) is 7. The summed E-state index contributed by atoms with van der Waals surface area (Å²) in [7, 11) is 0. The van der Waals surface area contributed by atoms with Crippen molar-refractivity contribution in [1.82, 2.24) is 0 Å². The Balaban J connectivity index is 1.15. The smallest absolute Gasteiger partial charge is 0.334 e. The Labute approximate surface area is 268 Å². The number of hydrogen-bond donors (Lipinski definition) is 3. The lowest BCUT2D eigenvalue weighted by Gasteiger charge is -2.24. The molecule has 0 aromatic carbocycles. The third kappa shape index (κ3) is 14.2. The molecule has 0 aromatic heterocycles. The van der Waals surface area contributed by atoms with E-state index in [1.807, 2.05) is 13.0 Å². The fourth-order valence-corrected chi connectivity index (χ4v) is 7.26. The maximum atomic E-state index is 11.7. The summed E-state index contributed by atoms with van der Waals surface area (Å²) in [6, 6.07) is 0. The van der Waals surface area contributed by atoms with Gasteiger partial charge in [-0.1, -0.05) is 96.8 Å². The van der Waals surface area contributed by atoms with Crippen LogP contribution in [0.25, 0.3) is 0 Å². The first-order valence-corrected chi connectivity index (χ1v) is 18.6. The van der Waals surface area contributed by atoms with E-state index in [9.17, 15) is 20.1 Å². The average molecular weight is 623 g/mol. The number of rotatable bonds is 25. The summed E-state index contributed by atoms with van der Waals surface area (Å²) in [6.45, 7) is 4.15. The highest BCUT2D eigenvalue weighted by Gasteiger charge is 2.36. The van der Waals surface area contributed by atoms with Crippen LogP contribution in [0.2, 0.25) is 0 Å². The van der Waals surface area contributed by atoms with Crippen LogP contribution in [0.15, 0.2) is 11.6 Å². The molecule has 256 valence electrons. The molecule has 3 rings (SSSR count). The minimum absolute atomic E-state index is 0.0677. The number of carbonyl (C=O) groups is 1. The van der Waals surface area contributed by atoms with Gasteiger partial charge in [-0.05, 0) is 77.2 Å². The number of aliphatic hydroxyl groups is 3. The van der Waals surface area contributed by atoms with Crippen molar-refractivity contribution in [3.63, 3.8) is 0 Å². The summed E-state index contributed by atoms with van der Waals surface area (Å²) in [4.78, 5) is 11.7. The van der Waals surface area contributed by atoms with E-state index in [4.69, 9.17) is 14.2 Å². The third-order valence-corrected chi connectivity index (χ3v) is 10.1. The lowest BCUT2D eigenvalue weighted by atomic mass is 9.98. The minimum atomic E-state index is -0.612. The van der Waals surface area contributed by atoms with Crippen molar-refractivity contribution in [3.05, 3.63) is 11.6 Å². The molecule has 3 aliphatic heterocycles. The molecule has 0 radical (unpaired) electrons. The molecule has 7 heteroatoms. The van der Waals surface area contributed by atoms with Gasteiger partial charge in [0.1, 0.15) is 6.10 Å². The fourth-order valence-electron chi connectivity index (χ4n) is 7.26. The van der Waals surface area contributed by atoms with Gasteiger partial charge < -0.3 is 29.5 Å². The standard InChI is InChI=1S/C37H66O7/c1-3-4-5-6-7-8-9-14-17-20-31(38)35-25-26-36(44-35)33(40)23-22-32(39)34-24-21-30(43-34)19-16-13-11-10-12-15-18-29-27-28(2)42-37(29)41/h27-28,30-36,38-40H,3-26H2,1-2H3/t28-,30-,31-,32-,33+,34+,35-,36-/m0/s1. The number of esters is 1. The quantitative estimate of drug-likeness (QED) is 0.0703. The second-order valence-electron chi connectivity index (χ2n) is 14.0. The molecule has 0 aliphatic carbocycles. The molecule has 3 heterocycles. The summed E-state index contributed by atoms with van der Waals surface area (Å²) < 4.78 is 17.4. The summed E-state index contributed by atoms with van der Waals surface area (Å²) in [5.74, 6) is -0.139. The van der Waals surface area contributed by atoms with Gasteiger partial charge in [0.15, 0.2) is 0 Å². The summed E-state index contributed by atoms with van der Waals surface area (Å²) in [5, 5.41) is 32.2. The van der Waals surface area contributed by atoms with Crippen molar-refractivity contribution in [1.29, 1.82) is 0 Å². The zero-order valence-corrected chi connectivity index (χ0v) is 28.1. The van der Waals surface area contributed by atoms with Crippen molar-refractivity contribution in [2.75, 3.05) is 0 Å². The molecule has 2 fully saturated rings. The Morgan fingerprint density at radius 1 is 0.659 bits per heavy atom. The highest BCUT2D eigenvalue weighted by molar-refractivity contribution is 5.90. The topological polar surface area (TPSA) is 105 Å². The van der Waals surface area contributed by atoms with E-state index in [1.54, 1.807) is 0 Å². The number of cyclic esters (lactones) is 1. The molecule has 0 spiro atoms. The first-order chi connectivity index (χ1) is 21.4. The highest BCUT2D eigenvalue weighted by Crippen LogP contribution is 2.31. The zero-order valence-electron chi connectivity index (χ0n) is 28.1. The molecule has 0 bridgehead atoms. The van der Waals surface area contributed by atoms with Crippen LogP contribution in [0, 0.1) is 0 Å². The number of carbonyl (C=O) groups excluding carboxylic acids is 1. The predicted molar refractivity (Wildman–Crippen MR) is 175 cm³/mol. The fraction of sp³-hybridized carbons (Fsp3) is 0.919. The normalized spacial score (nSPS) is 27.4. The Morgan fingerprint density at radius 3 is 1.75 bits per heavy atom. The van der Waals surface area contributed by atoms with Gasteiger partial charge in [0, 0.05) is 5.57 Å². The van der Waals surface area contributed by atoms with E-state index in [0.29, 0.717) is 12.8 Å². The molecule has 0 amide bonds. The largest absolute Gasteiger partial charge is 0.455 e. The molecule has 0 saturated carbocycles. The molecule has 7 nitrogen and oxygen atoms in total. The minimum Gasteiger partial charge on any atom is -0.455 e. The van der Waals surface area contributed by atoms with E-state index in [2.05, 4.69) is 6.92 Å². The van der Waals surface area contributed by atoms with E-state index in [1.165, 1.54) is 70.6 Å². The maximum Gasteiger partial charge on any atom is 0.334 e. The zero-order chi connectivity index (χ0) is 31.6. The van der Waals surface area contributed by atoms with Crippen LogP contribution in [0.3, 0.4) is 0 Å². The molecule has 8 atom stereocenters. The third-order valence-electron chi connectivity index (χ3n) is 10.1.